The van der Waals surface area contributed by atoms with Crippen LogP contribution in [0, 0.1) is 17.3 Å². The second kappa shape index (κ2) is 4.78. The minimum atomic E-state index is -0.157. The fourth-order valence-corrected chi connectivity index (χ4v) is 2.73. The van der Waals surface area contributed by atoms with Crippen molar-refractivity contribution in [3.63, 3.8) is 0 Å². The molecule has 1 saturated carbocycles. The monoisotopic (exact) mass is 266 g/mol. The van der Waals surface area contributed by atoms with Crippen molar-refractivity contribution < 1.29 is 14.3 Å². The van der Waals surface area contributed by atoms with Crippen molar-refractivity contribution in [2.24, 2.45) is 17.3 Å². The summed E-state index contributed by atoms with van der Waals surface area (Å²) in [5, 5.41) is 2.98. The van der Waals surface area contributed by atoms with E-state index in [1.807, 2.05) is 4.90 Å². The molecule has 5 nitrogen and oxygen atoms in total. The van der Waals surface area contributed by atoms with Gasteiger partial charge in [0.15, 0.2) is 0 Å². The number of hydrogen-bond acceptors (Lipinski definition) is 3. The van der Waals surface area contributed by atoms with E-state index >= 15 is 0 Å². The Hall–Kier alpha value is -1.10. The van der Waals surface area contributed by atoms with Gasteiger partial charge < -0.3 is 15.0 Å². The van der Waals surface area contributed by atoms with Crippen LogP contribution in [0.15, 0.2) is 0 Å². The van der Waals surface area contributed by atoms with Crippen LogP contribution in [0.25, 0.3) is 0 Å². The highest BCUT2D eigenvalue weighted by atomic mass is 16.5. The smallest absolute Gasteiger partial charge is 0.225 e. The van der Waals surface area contributed by atoms with E-state index in [9.17, 15) is 9.59 Å². The van der Waals surface area contributed by atoms with Crippen molar-refractivity contribution in [1.29, 1.82) is 0 Å². The predicted octanol–water partition coefficient (Wildman–Crippen LogP) is 0.398. The van der Waals surface area contributed by atoms with Gasteiger partial charge in [0.25, 0.3) is 0 Å². The van der Waals surface area contributed by atoms with Crippen LogP contribution in [-0.2, 0) is 14.3 Å². The molecule has 2 saturated heterocycles. The highest BCUT2D eigenvalue weighted by Gasteiger charge is 2.38. The molecule has 0 bridgehead atoms. The maximum atomic E-state index is 12.1. The predicted molar refractivity (Wildman–Crippen MR) is 69.3 cm³/mol. The van der Waals surface area contributed by atoms with E-state index in [0.717, 1.165) is 6.54 Å². The molecular weight excluding hydrogens is 244 g/mol. The fourth-order valence-electron chi connectivity index (χ4n) is 2.73. The van der Waals surface area contributed by atoms with Gasteiger partial charge in [-0.2, -0.15) is 0 Å². The van der Waals surface area contributed by atoms with Crippen molar-refractivity contribution in [3.8, 4) is 0 Å². The number of nitrogens with one attached hydrogen (secondary N) is 1. The van der Waals surface area contributed by atoms with Crippen molar-refractivity contribution in [1.82, 2.24) is 10.2 Å². The van der Waals surface area contributed by atoms with Gasteiger partial charge in [0.2, 0.25) is 11.8 Å². The Morgan fingerprint density at radius 3 is 2.79 bits per heavy atom. The van der Waals surface area contributed by atoms with E-state index < -0.39 is 0 Å². The van der Waals surface area contributed by atoms with E-state index in [1.54, 1.807) is 0 Å². The normalized spacial score (nSPS) is 29.2. The van der Waals surface area contributed by atoms with E-state index in [4.69, 9.17) is 4.74 Å². The van der Waals surface area contributed by atoms with Gasteiger partial charge in [0, 0.05) is 31.5 Å². The average Bonchev–Trinajstić information content (AvgIpc) is 3.08. The van der Waals surface area contributed by atoms with Crippen molar-refractivity contribution in [2.45, 2.75) is 26.2 Å². The number of carbonyl (C=O) groups excluding carboxylic acids is 2. The molecule has 1 atom stereocenters. The summed E-state index contributed by atoms with van der Waals surface area (Å²) in [4.78, 5) is 25.8. The van der Waals surface area contributed by atoms with Gasteiger partial charge in [-0.05, 0) is 18.8 Å². The molecule has 3 fully saturated rings. The number of amides is 2. The van der Waals surface area contributed by atoms with Gasteiger partial charge in [0.05, 0.1) is 19.1 Å². The third kappa shape index (κ3) is 2.91. The summed E-state index contributed by atoms with van der Waals surface area (Å²) in [6, 6.07) is 0. The first-order valence-electron chi connectivity index (χ1n) is 7.19. The Bertz CT molecular complexity index is 388. The molecule has 2 heterocycles. The Morgan fingerprint density at radius 2 is 2.21 bits per heavy atom. The summed E-state index contributed by atoms with van der Waals surface area (Å²) < 4.78 is 5.17. The second-order valence-electron chi connectivity index (χ2n) is 6.66. The molecule has 5 heteroatoms. The van der Waals surface area contributed by atoms with E-state index in [2.05, 4.69) is 12.2 Å². The number of hydrogen-bond donors (Lipinski definition) is 1. The standard InChI is InChI=1S/C14H22N2O3/c1-14(8-19-9-14)7-15-13(18)11-4-12(17)16(6-11)5-10-2-3-10/h10-11H,2-9H2,1H3,(H,15,18). The van der Waals surface area contributed by atoms with Crippen LogP contribution >= 0.6 is 0 Å². The minimum Gasteiger partial charge on any atom is -0.380 e. The molecule has 0 aromatic rings. The lowest BCUT2D eigenvalue weighted by Crippen LogP contribution is -2.49. The third-order valence-electron chi connectivity index (χ3n) is 4.35. The third-order valence-corrected chi connectivity index (χ3v) is 4.35. The van der Waals surface area contributed by atoms with Crippen molar-refractivity contribution in [3.05, 3.63) is 0 Å². The topological polar surface area (TPSA) is 58.6 Å². The summed E-state index contributed by atoms with van der Waals surface area (Å²) in [6.07, 6.45) is 2.85. The summed E-state index contributed by atoms with van der Waals surface area (Å²) in [7, 11) is 0. The van der Waals surface area contributed by atoms with E-state index in [1.165, 1.54) is 12.8 Å². The van der Waals surface area contributed by atoms with Crippen LogP contribution in [0.4, 0.5) is 0 Å². The second-order valence-corrected chi connectivity index (χ2v) is 6.66. The lowest BCUT2D eigenvalue weighted by atomic mass is 9.88. The number of rotatable bonds is 5. The van der Waals surface area contributed by atoms with E-state index in [-0.39, 0.29) is 23.1 Å². The lowest BCUT2D eigenvalue weighted by Gasteiger charge is -2.38. The molecule has 3 aliphatic rings. The molecule has 106 valence electrons. The van der Waals surface area contributed by atoms with Crippen LogP contribution < -0.4 is 5.32 Å². The number of likely N-dealkylation sites (tertiary alicyclic amines) is 1. The van der Waals surface area contributed by atoms with Gasteiger partial charge in [-0.25, -0.2) is 0 Å². The highest BCUT2D eigenvalue weighted by Crippen LogP contribution is 2.32. The molecule has 2 aliphatic heterocycles. The molecule has 0 spiro atoms. The molecule has 1 N–H and O–H groups in total. The van der Waals surface area contributed by atoms with Crippen LogP contribution in [0.2, 0.25) is 0 Å². The van der Waals surface area contributed by atoms with Crippen LogP contribution in [0.1, 0.15) is 26.2 Å². The fraction of sp³-hybridized carbons (Fsp3) is 0.857. The average molecular weight is 266 g/mol. The first-order valence-corrected chi connectivity index (χ1v) is 7.19. The Labute approximate surface area is 113 Å². The highest BCUT2D eigenvalue weighted by molar-refractivity contribution is 5.89. The molecule has 3 rings (SSSR count). The zero-order valence-corrected chi connectivity index (χ0v) is 11.5. The minimum absolute atomic E-state index is 0.0276. The van der Waals surface area contributed by atoms with Crippen LogP contribution in [0.3, 0.4) is 0 Å². The zero-order valence-electron chi connectivity index (χ0n) is 11.5. The van der Waals surface area contributed by atoms with Gasteiger partial charge in [-0.1, -0.05) is 6.92 Å². The van der Waals surface area contributed by atoms with Crippen LogP contribution in [-0.4, -0.2) is 49.6 Å². The van der Waals surface area contributed by atoms with Crippen molar-refractivity contribution >= 4 is 11.8 Å². The molecule has 0 aromatic heterocycles. The summed E-state index contributed by atoms with van der Waals surface area (Å²) in [6.45, 7) is 5.65. The number of ether oxygens (including phenoxy) is 1. The molecule has 0 radical (unpaired) electrons. The van der Waals surface area contributed by atoms with Gasteiger partial charge in [0.1, 0.15) is 0 Å². The Balaban J connectivity index is 1.46. The van der Waals surface area contributed by atoms with Gasteiger partial charge in [-0.15, -0.1) is 0 Å². The first kappa shape index (κ1) is 12.9. The largest absolute Gasteiger partial charge is 0.380 e. The van der Waals surface area contributed by atoms with Crippen molar-refractivity contribution in [2.75, 3.05) is 32.8 Å². The molecule has 0 aromatic carbocycles. The molecule has 1 unspecified atom stereocenters. The summed E-state index contributed by atoms with van der Waals surface area (Å²) in [5.41, 5.74) is 0.0893. The Morgan fingerprint density at radius 1 is 1.47 bits per heavy atom. The quantitative estimate of drug-likeness (QED) is 0.783. The maximum absolute atomic E-state index is 12.1. The zero-order chi connectivity index (χ0) is 13.5. The van der Waals surface area contributed by atoms with Gasteiger partial charge >= 0.3 is 0 Å². The summed E-state index contributed by atoms with van der Waals surface area (Å²) in [5.74, 6) is 0.706. The Kier molecular flexibility index (Phi) is 3.25. The SMILES string of the molecule is CC1(CNC(=O)C2CC(=O)N(CC3CC3)C2)COC1. The number of nitrogens with zero attached hydrogens (tertiary/aromatic N) is 1. The first-order chi connectivity index (χ1) is 9.06. The summed E-state index contributed by atoms with van der Waals surface area (Å²) >= 11 is 0. The van der Waals surface area contributed by atoms with Gasteiger partial charge in [-0.3, -0.25) is 9.59 Å². The number of carbonyl (C=O) groups is 2. The van der Waals surface area contributed by atoms with E-state index in [0.29, 0.717) is 38.6 Å². The molecule has 1 aliphatic carbocycles. The molecular formula is C14H22N2O3. The molecule has 19 heavy (non-hydrogen) atoms. The molecule has 2 amide bonds. The maximum Gasteiger partial charge on any atom is 0.225 e. The lowest BCUT2D eigenvalue weighted by molar-refractivity contribution is -0.131. The van der Waals surface area contributed by atoms with Crippen LogP contribution in [0.5, 0.6) is 0 Å².